The highest BCUT2D eigenvalue weighted by molar-refractivity contribution is 7.13. The molecule has 2 heterocycles. The lowest BCUT2D eigenvalue weighted by Crippen LogP contribution is -2.42. The van der Waals surface area contributed by atoms with Crippen LogP contribution in [0.1, 0.15) is 22.2 Å². The van der Waals surface area contributed by atoms with E-state index in [1.807, 2.05) is 17.5 Å². The van der Waals surface area contributed by atoms with Gasteiger partial charge in [-0.15, -0.1) is 11.3 Å². The third kappa shape index (κ3) is 4.19. The average Bonchev–Trinajstić information content (AvgIpc) is 3.36. The molecular weight excluding hydrogens is 372 g/mol. The molecule has 27 heavy (non-hydrogen) atoms. The summed E-state index contributed by atoms with van der Waals surface area (Å²) in [5, 5.41) is 41.8. The van der Waals surface area contributed by atoms with Crippen LogP contribution in [0, 0.1) is 10.1 Å². The standard InChI is InChI=1S/C17H16N4O5S/c22-9-14(16(23)10-3-5-11(6-4-10)21(25)26)18-17(24)13-8-12(19-20-13)15-2-1-7-27-15/h1-8,14,16,22-23H,9H2,(H,18,24)(H,19,20). The van der Waals surface area contributed by atoms with Crippen molar-refractivity contribution in [3.8, 4) is 10.6 Å². The van der Waals surface area contributed by atoms with Crippen molar-refractivity contribution in [2.75, 3.05) is 6.61 Å². The van der Waals surface area contributed by atoms with E-state index in [0.717, 1.165) is 4.88 Å². The van der Waals surface area contributed by atoms with E-state index >= 15 is 0 Å². The normalized spacial score (nSPS) is 13.1. The molecule has 0 saturated heterocycles. The Bertz CT molecular complexity index is 923. The highest BCUT2D eigenvalue weighted by Gasteiger charge is 2.24. The first-order chi connectivity index (χ1) is 13.0. The topological polar surface area (TPSA) is 141 Å². The van der Waals surface area contributed by atoms with Crippen molar-refractivity contribution in [1.82, 2.24) is 15.5 Å². The summed E-state index contributed by atoms with van der Waals surface area (Å²) in [6, 6.07) is 9.58. The first-order valence-corrected chi connectivity index (χ1v) is 8.81. The number of benzene rings is 1. The van der Waals surface area contributed by atoms with Gasteiger partial charge in [-0.05, 0) is 35.2 Å². The molecule has 0 radical (unpaired) electrons. The van der Waals surface area contributed by atoms with Crippen molar-refractivity contribution in [1.29, 1.82) is 0 Å². The minimum atomic E-state index is -1.24. The number of nitro groups is 1. The van der Waals surface area contributed by atoms with E-state index in [4.69, 9.17) is 0 Å². The molecule has 2 atom stereocenters. The fourth-order valence-electron chi connectivity index (χ4n) is 2.49. The summed E-state index contributed by atoms with van der Waals surface area (Å²) in [6.07, 6.45) is -1.24. The highest BCUT2D eigenvalue weighted by atomic mass is 32.1. The smallest absolute Gasteiger partial charge is 0.272 e. The quantitative estimate of drug-likeness (QED) is 0.360. The summed E-state index contributed by atoms with van der Waals surface area (Å²) < 4.78 is 0. The van der Waals surface area contributed by atoms with Crippen molar-refractivity contribution in [3.05, 3.63) is 69.2 Å². The molecule has 0 fully saturated rings. The number of aromatic nitrogens is 2. The Morgan fingerprint density at radius 2 is 2.07 bits per heavy atom. The summed E-state index contributed by atoms with van der Waals surface area (Å²) >= 11 is 1.49. The van der Waals surface area contributed by atoms with E-state index < -0.39 is 29.6 Å². The number of carbonyl (C=O) groups is 1. The monoisotopic (exact) mass is 388 g/mol. The van der Waals surface area contributed by atoms with Crippen LogP contribution in [-0.2, 0) is 0 Å². The number of thiophene rings is 1. The minimum absolute atomic E-state index is 0.117. The number of non-ortho nitro benzene ring substituents is 1. The minimum Gasteiger partial charge on any atom is -0.394 e. The molecule has 0 aliphatic carbocycles. The Kier molecular flexibility index (Phi) is 5.60. The number of nitrogens with one attached hydrogen (secondary N) is 2. The number of nitro benzene ring substituents is 1. The second kappa shape index (κ2) is 8.08. The molecule has 0 aliphatic rings. The summed E-state index contributed by atoms with van der Waals surface area (Å²) in [5.74, 6) is -0.561. The van der Waals surface area contributed by atoms with E-state index in [1.165, 1.54) is 35.6 Å². The van der Waals surface area contributed by atoms with Gasteiger partial charge >= 0.3 is 0 Å². The largest absolute Gasteiger partial charge is 0.394 e. The first-order valence-electron chi connectivity index (χ1n) is 7.93. The number of H-pyrrole nitrogens is 1. The number of hydrogen-bond acceptors (Lipinski definition) is 7. The lowest BCUT2D eigenvalue weighted by atomic mass is 10.0. The fourth-order valence-corrected chi connectivity index (χ4v) is 3.18. The molecule has 10 heteroatoms. The van der Waals surface area contributed by atoms with E-state index in [1.54, 1.807) is 6.07 Å². The van der Waals surface area contributed by atoms with Crippen LogP contribution in [0.25, 0.3) is 10.6 Å². The molecule has 0 bridgehead atoms. The molecule has 4 N–H and O–H groups in total. The molecule has 0 aliphatic heterocycles. The van der Waals surface area contributed by atoms with Gasteiger partial charge in [0.05, 0.1) is 28.1 Å². The van der Waals surface area contributed by atoms with E-state index in [2.05, 4.69) is 15.5 Å². The molecule has 3 aromatic rings. The Hall–Kier alpha value is -3.08. The zero-order valence-corrected chi connectivity index (χ0v) is 14.7. The molecule has 140 valence electrons. The van der Waals surface area contributed by atoms with Crippen LogP contribution in [0.2, 0.25) is 0 Å². The van der Waals surface area contributed by atoms with Crippen molar-refractivity contribution < 1.29 is 19.9 Å². The van der Waals surface area contributed by atoms with E-state index in [0.29, 0.717) is 11.3 Å². The van der Waals surface area contributed by atoms with Crippen molar-refractivity contribution in [3.63, 3.8) is 0 Å². The number of amides is 1. The SMILES string of the molecule is O=C(NC(CO)C(O)c1ccc([N+](=O)[O-])cc1)c1cc(-c2cccs2)[nH]n1. The van der Waals surface area contributed by atoms with Crippen molar-refractivity contribution >= 4 is 22.9 Å². The van der Waals surface area contributed by atoms with Gasteiger partial charge in [-0.1, -0.05) is 6.07 Å². The Balaban J connectivity index is 1.70. The number of aliphatic hydroxyl groups is 2. The van der Waals surface area contributed by atoms with Gasteiger partial charge in [-0.25, -0.2) is 0 Å². The third-order valence-electron chi connectivity index (χ3n) is 3.94. The van der Waals surface area contributed by atoms with Gasteiger partial charge < -0.3 is 15.5 Å². The number of hydrogen-bond donors (Lipinski definition) is 4. The second-order valence-electron chi connectivity index (χ2n) is 5.70. The molecule has 2 unspecified atom stereocenters. The van der Waals surface area contributed by atoms with Crippen LogP contribution >= 0.6 is 11.3 Å². The molecule has 0 spiro atoms. The van der Waals surface area contributed by atoms with Gasteiger partial charge in [-0.2, -0.15) is 5.10 Å². The van der Waals surface area contributed by atoms with Crippen LogP contribution in [0.15, 0.2) is 47.8 Å². The lowest BCUT2D eigenvalue weighted by molar-refractivity contribution is -0.384. The Labute approximate surface area is 157 Å². The molecule has 1 amide bonds. The number of aliphatic hydroxyl groups excluding tert-OH is 2. The zero-order valence-electron chi connectivity index (χ0n) is 13.9. The van der Waals surface area contributed by atoms with Gasteiger partial charge in [0.2, 0.25) is 0 Å². The van der Waals surface area contributed by atoms with Crippen LogP contribution in [0.4, 0.5) is 5.69 Å². The summed E-state index contributed by atoms with van der Waals surface area (Å²) in [7, 11) is 0. The average molecular weight is 388 g/mol. The maximum atomic E-state index is 12.4. The number of carbonyl (C=O) groups excluding carboxylic acids is 1. The fraction of sp³-hybridized carbons (Fsp3) is 0.176. The predicted octanol–water partition coefficient (Wildman–Crippen LogP) is 1.87. The van der Waals surface area contributed by atoms with Crippen LogP contribution in [0.5, 0.6) is 0 Å². The molecular formula is C17H16N4O5S. The van der Waals surface area contributed by atoms with Crippen LogP contribution in [-0.4, -0.2) is 43.9 Å². The van der Waals surface area contributed by atoms with E-state index in [9.17, 15) is 25.1 Å². The van der Waals surface area contributed by atoms with Gasteiger partial charge in [0, 0.05) is 12.1 Å². The van der Waals surface area contributed by atoms with Gasteiger partial charge in [-0.3, -0.25) is 20.0 Å². The van der Waals surface area contributed by atoms with Crippen LogP contribution < -0.4 is 5.32 Å². The number of nitrogens with zero attached hydrogens (tertiary/aromatic N) is 2. The molecule has 2 aromatic heterocycles. The predicted molar refractivity (Wildman–Crippen MR) is 98.3 cm³/mol. The van der Waals surface area contributed by atoms with Gasteiger partial charge in [0.15, 0.2) is 5.69 Å². The van der Waals surface area contributed by atoms with Crippen LogP contribution in [0.3, 0.4) is 0 Å². The lowest BCUT2D eigenvalue weighted by Gasteiger charge is -2.22. The highest BCUT2D eigenvalue weighted by Crippen LogP contribution is 2.23. The van der Waals surface area contributed by atoms with Crippen molar-refractivity contribution in [2.45, 2.75) is 12.1 Å². The maximum Gasteiger partial charge on any atom is 0.272 e. The molecule has 1 aromatic carbocycles. The maximum absolute atomic E-state index is 12.4. The number of rotatable bonds is 7. The summed E-state index contributed by atoms with van der Waals surface area (Å²) in [6.45, 7) is -0.522. The Morgan fingerprint density at radius 3 is 2.67 bits per heavy atom. The summed E-state index contributed by atoms with van der Waals surface area (Å²) in [4.78, 5) is 23.4. The summed E-state index contributed by atoms with van der Waals surface area (Å²) in [5.41, 5.74) is 1.02. The molecule has 0 saturated carbocycles. The van der Waals surface area contributed by atoms with Gasteiger partial charge in [0.1, 0.15) is 6.10 Å². The Morgan fingerprint density at radius 1 is 1.33 bits per heavy atom. The number of aromatic amines is 1. The first kappa shape index (κ1) is 18.7. The molecule has 9 nitrogen and oxygen atoms in total. The second-order valence-corrected chi connectivity index (χ2v) is 6.65. The van der Waals surface area contributed by atoms with Gasteiger partial charge in [0.25, 0.3) is 11.6 Å². The third-order valence-corrected chi connectivity index (χ3v) is 4.84. The molecule has 3 rings (SSSR count). The van der Waals surface area contributed by atoms with E-state index in [-0.39, 0.29) is 11.4 Å². The van der Waals surface area contributed by atoms with Crippen molar-refractivity contribution in [2.24, 2.45) is 0 Å². The zero-order chi connectivity index (χ0) is 19.4.